The van der Waals surface area contributed by atoms with Gasteiger partial charge in [0.15, 0.2) is 0 Å². The topological polar surface area (TPSA) is 78.5 Å². The molecule has 0 fully saturated rings. The zero-order valence-electron chi connectivity index (χ0n) is 14.7. The van der Waals surface area contributed by atoms with Crippen molar-refractivity contribution in [3.8, 4) is 0 Å². The molecule has 0 aromatic heterocycles. The molecule has 0 unspecified atom stereocenters. The number of carbonyl (C=O) groups is 1. The molecule has 0 saturated heterocycles. The summed E-state index contributed by atoms with van der Waals surface area (Å²) in [6, 6.07) is 12.7. The molecule has 0 radical (unpaired) electrons. The maximum absolute atomic E-state index is 12.3. The molecule has 2 aromatic rings. The fraction of sp³-hybridized carbons (Fsp3) is 0.278. The number of para-hydroxylation sites is 1. The summed E-state index contributed by atoms with van der Waals surface area (Å²) in [5.41, 5.74) is 0.843. The molecule has 0 atom stereocenters. The molecule has 0 aliphatic carbocycles. The van der Waals surface area contributed by atoms with Crippen LogP contribution in [-0.2, 0) is 10.0 Å². The Kier molecular flexibility index (Phi) is 7.16. The number of sulfonamides is 1. The average molecular weight is 396 g/mol. The van der Waals surface area contributed by atoms with Gasteiger partial charge in [-0.1, -0.05) is 23.7 Å². The molecule has 2 N–H and O–H groups in total. The number of nitrogens with zero attached hydrogens (tertiary/aromatic N) is 1. The highest BCUT2D eigenvalue weighted by Crippen LogP contribution is 2.21. The second-order valence-corrected chi connectivity index (χ2v) is 8.19. The van der Waals surface area contributed by atoms with Crippen LogP contribution in [0.5, 0.6) is 0 Å². The van der Waals surface area contributed by atoms with Gasteiger partial charge in [0.25, 0.3) is 5.91 Å². The van der Waals surface area contributed by atoms with Crippen LogP contribution in [0, 0.1) is 0 Å². The lowest BCUT2D eigenvalue weighted by atomic mass is 10.2. The van der Waals surface area contributed by atoms with Crippen molar-refractivity contribution in [2.45, 2.75) is 11.3 Å². The summed E-state index contributed by atoms with van der Waals surface area (Å²) in [6.07, 6.45) is 0.713. The van der Waals surface area contributed by atoms with Gasteiger partial charge in [-0.25, -0.2) is 13.1 Å². The van der Waals surface area contributed by atoms with E-state index in [-0.39, 0.29) is 10.8 Å². The average Bonchev–Trinajstić information content (AvgIpc) is 2.61. The number of nitrogens with one attached hydrogen (secondary N) is 2. The quantitative estimate of drug-likeness (QED) is 0.673. The predicted octanol–water partition coefficient (Wildman–Crippen LogP) is 2.82. The smallest absolute Gasteiger partial charge is 0.255 e. The minimum absolute atomic E-state index is 0.122. The van der Waals surface area contributed by atoms with Crippen molar-refractivity contribution in [1.29, 1.82) is 0 Å². The van der Waals surface area contributed by atoms with Crippen LogP contribution >= 0.6 is 11.6 Å². The molecule has 26 heavy (non-hydrogen) atoms. The van der Waals surface area contributed by atoms with E-state index in [2.05, 4.69) is 10.0 Å². The normalized spacial score (nSPS) is 11.5. The Labute approximate surface area is 159 Å². The van der Waals surface area contributed by atoms with Gasteiger partial charge in [-0.3, -0.25) is 4.79 Å². The summed E-state index contributed by atoms with van der Waals surface area (Å²) in [7, 11) is 0.275. The minimum Gasteiger partial charge on any atom is -0.321 e. The third kappa shape index (κ3) is 5.81. The van der Waals surface area contributed by atoms with E-state index in [0.29, 0.717) is 29.2 Å². The van der Waals surface area contributed by atoms with E-state index in [1.165, 1.54) is 24.3 Å². The summed E-state index contributed by atoms with van der Waals surface area (Å²) in [5.74, 6) is -0.360. The lowest BCUT2D eigenvalue weighted by Gasteiger charge is -2.11. The van der Waals surface area contributed by atoms with Gasteiger partial charge in [0.05, 0.1) is 15.6 Å². The summed E-state index contributed by atoms with van der Waals surface area (Å²) in [4.78, 5) is 14.4. The maximum atomic E-state index is 12.3. The number of anilines is 1. The van der Waals surface area contributed by atoms with E-state index in [4.69, 9.17) is 11.6 Å². The van der Waals surface area contributed by atoms with Gasteiger partial charge < -0.3 is 10.2 Å². The first kappa shape index (κ1) is 20.4. The highest BCUT2D eigenvalue weighted by Gasteiger charge is 2.15. The zero-order valence-corrected chi connectivity index (χ0v) is 16.3. The molecule has 0 heterocycles. The first-order chi connectivity index (χ1) is 12.3. The van der Waals surface area contributed by atoms with Crippen LogP contribution in [0.15, 0.2) is 53.4 Å². The van der Waals surface area contributed by atoms with Gasteiger partial charge in [0.1, 0.15) is 0 Å². The highest BCUT2D eigenvalue weighted by atomic mass is 35.5. The SMILES string of the molecule is CN(C)CCCNS(=O)(=O)c1ccc(C(=O)Nc2ccccc2Cl)cc1. The molecule has 0 saturated carbocycles. The first-order valence-electron chi connectivity index (χ1n) is 8.10. The van der Waals surface area contributed by atoms with Crippen LogP contribution in [0.2, 0.25) is 5.02 Å². The van der Waals surface area contributed by atoms with Crippen molar-refractivity contribution < 1.29 is 13.2 Å². The van der Waals surface area contributed by atoms with Crippen molar-refractivity contribution in [3.63, 3.8) is 0 Å². The fourth-order valence-corrected chi connectivity index (χ4v) is 3.48. The molecule has 1 amide bonds. The van der Waals surface area contributed by atoms with Crippen molar-refractivity contribution in [2.75, 3.05) is 32.5 Å². The van der Waals surface area contributed by atoms with E-state index in [0.717, 1.165) is 6.54 Å². The van der Waals surface area contributed by atoms with E-state index < -0.39 is 10.0 Å². The van der Waals surface area contributed by atoms with Crippen LogP contribution in [0.1, 0.15) is 16.8 Å². The first-order valence-corrected chi connectivity index (χ1v) is 9.96. The monoisotopic (exact) mass is 395 g/mol. The number of hydrogen-bond acceptors (Lipinski definition) is 4. The second-order valence-electron chi connectivity index (χ2n) is 6.01. The van der Waals surface area contributed by atoms with Gasteiger partial charge in [-0.2, -0.15) is 0 Å². The van der Waals surface area contributed by atoms with Crippen molar-refractivity contribution in [3.05, 3.63) is 59.1 Å². The molecule has 2 aromatic carbocycles. The van der Waals surface area contributed by atoms with E-state index in [9.17, 15) is 13.2 Å². The number of amides is 1. The van der Waals surface area contributed by atoms with Crippen LogP contribution in [0.25, 0.3) is 0 Å². The molecular weight excluding hydrogens is 374 g/mol. The summed E-state index contributed by atoms with van der Waals surface area (Å²) in [5, 5.41) is 3.13. The van der Waals surface area contributed by atoms with Crippen LogP contribution < -0.4 is 10.0 Å². The Bertz CT molecular complexity index is 852. The molecule has 0 aliphatic heterocycles. The lowest BCUT2D eigenvalue weighted by Crippen LogP contribution is -2.27. The molecule has 0 aliphatic rings. The Morgan fingerprint density at radius 1 is 1.08 bits per heavy atom. The number of carbonyl (C=O) groups excluding carboxylic acids is 1. The third-order valence-corrected chi connectivity index (χ3v) is 5.43. The molecule has 140 valence electrons. The minimum atomic E-state index is -3.59. The number of benzene rings is 2. The van der Waals surface area contributed by atoms with Gasteiger partial charge in [0.2, 0.25) is 10.0 Å². The summed E-state index contributed by atoms with van der Waals surface area (Å²) < 4.78 is 27.1. The molecule has 8 heteroatoms. The maximum Gasteiger partial charge on any atom is 0.255 e. The molecule has 0 spiro atoms. The lowest BCUT2D eigenvalue weighted by molar-refractivity contribution is 0.102. The molecule has 0 bridgehead atoms. The van der Waals surface area contributed by atoms with E-state index in [1.54, 1.807) is 24.3 Å². The zero-order chi connectivity index (χ0) is 19.2. The third-order valence-electron chi connectivity index (χ3n) is 3.62. The Hall–Kier alpha value is -1.93. The number of rotatable bonds is 8. The van der Waals surface area contributed by atoms with Crippen molar-refractivity contribution in [1.82, 2.24) is 9.62 Å². The molecular formula is C18H22ClN3O3S. The van der Waals surface area contributed by atoms with Crippen LogP contribution in [-0.4, -0.2) is 46.4 Å². The fourth-order valence-electron chi connectivity index (χ4n) is 2.23. The van der Waals surface area contributed by atoms with Crippen molar-refractivity contribution in [2.24, 2.45) is 0 Å². The number of halogens is 1. The standard InChI is InChI=1S/C18H22ClN3O3S/c1-22(2)13-5-12-20-26(24,25)15-10-8-14(9-11-15)18(23)21-17-7-4-3-6-16(17)19/h3-4,6-11,20H,5,12-13H2,1-2H3,(H,21,23). The number of hydrogen-bond donors (Lipinski definition) is 2. The second kappa shape index (κ2) is 9.14. The molecule has 2 rings (SSSR count). The summed E-state index contributed by atoms with van der Waals surface area (Å²) in [6.45, 7) is 1.15. The van der Waals surface area contributed by atoms with Crippen LogP contribution in [0.3, 0.4) is 0 Å². The Balaban J connectivity index is 2.00. The van der Waals surface area contributed by atoms with E-state index in [1.807, 2.05) is 19.0 Å². The highest BCUT2D eigenvalue weighted by molar-refractivity contribution is 7.89. The van der Waals surface area contributed by atoms with Gasteiger partial charge in [0, 0.05) is 12.1 Å². The molecule has 6 nitrogen and oxygen atoms in total. The largest absolute Gasteiger partial charge is 0.321 e. The van der Waals surface area contributed by atoms with Gasteiger partial charge in [-0.05, 0) is 63.5 Å². The Morgan fingerprint density at radius 2 is 1.73 bits per heavy atom. The predicted molar refractivity (Wildman–Crippen MR) is 104 cm³/mol. The Morgan fingerprint density at radius 3 is 2.35 bits per heavy atom. The van der Waals surface area contributed by atoms with Crippen LogP contribution in [0.4, 0.5) is 5.69 Å². The van der Waals surface area contributed by atoms with E-state index >= 15 is 0 Å². The van der Waals surface area contributed by atoms with Gasteiger partial charge in [-0.15, -0.1) is 0 Å². The van der Waals surface area contributed by atoms with Gasteiger partial charge >= 0.3 is 0 Å². The van der Waals surface area contributed by atoms with Crippen molar-refractivity contribution >= 4 is 33.2 Å². The summed E-state index contributed by atoms with van der Waals surface area (Å²) >= 11 is 6.02.